The third-order valence-corrected chi connectivity index (χ3v) is 1.79. The molecule has 4 heteroatoms. The van der Waals surface area contributed by atoms with Crippen LogP contribution in [0.25, 0.3) is 0 Å². The van der Waals surface area contributed by atoms with Crippen LogP contribution in [0.2, 0.25) is 0 Å². The molecule has 0 spiro atoms. The number of halogens is 1. The van der Waals surface area contributed by atoms with Gasteiger partial charge in [0.2, 0.25) is 0 Å². The first kappa shape index (κ1) is 11.5. The first-order chi connectivity index (χ1) is 7.26. The van der Waals surface area contributed by atoms with Crippen LogP contribution in [0, 0.1) is 0 Å². The van der Waals surface area contributed by atoms with Crippen molar-refractivity contribution < 1.29 is 13.9 Å². The van der Waals surface area contributed by atoms with E-state index >= 15 is 0 Å². The second kappa shape index (κ2) is 6.03. The number of benzene rings is 1. The average Bonchev–Trinajstić information content (AvgIpc) is 2.29. The fraction of sp³-hybridized carbons (Fsp3) is 0.273. The molecule has 0 saturated carbocycles. The largest absolute Gasteiger partial charge is 0.497 e. The van der Waals surface area contributed by atoms with Gasteiger partial charge in [-0.1, -0.05) is 6.07 Å². The molecule has 0 amide bonds. The van der Waals surface area contributed by atoms with E-state index in [-0.39, 0.29) is 19.0 Å². The van der Waals surface area contributed by atoms with Crippen LogP contribution in [-0.4, -0.2) is 20.3 Å². The van der Waals surface area contributed by atoms with Crippen LogP contribution in [0.3, 0.4) is 0 Å². The van der Waals surface area contributed by atoms with Crippen LogP contribution >= 0.6 is 0 Å². The topological polar surface area (TPSA) is 44.5 Å². The summed E-state index contributed by atoms with van der Waals surface area (Å²) in [6.45, 7) is 0.0671. The lowest BCUT2D eigenvalue weighted by atomic mass is 10.3. The Morgan fingerprint density at radius 1 is 1.47 bits per heavy atom. The predicted octanol–water partition coefficient (Wildman–Crippen LogP) is 1.89. The molecule has 0 aliphatic rings. The van der Waals surface area contributed by atoms with Crippen molar-refractivity contribution in [2.75, 3.05) is 20.3 Å². The average molecular weight is 211 g/mol. The van der Waals surface area contributed by atoms with E-state index in [1.54, 1.807) is 25.3 Å². The highest BCUT2D eigenvalue weighted by molar-refractivity contribution is 5.32. The zero-order valence-corrected chi connectivity index (χ0v) is 8.57. The molecule has 0 aliphatic heterocycles. The number of nitrogens with two attached hydrogens (primary N) is 1. The second-order valence-electron chi connectivity index (χ2n) is 2.85. The van der Waals surface area contributed by atoms with Crippen molar-refractivity contribution in [2.24, 2.45) is 5.73 Å². The maximum atomic E-state index is 12.6. The van der Waals surface area contributed by atoms with Crippen molar-refractivity contribution in [1.29, 1.82) is 0 Å². The van der Waals surface area contributed by atoms with E-state index in [4.69, 9.17) is 15.2 Å². The molecule has 82 valence electrons. The Balaban J connectivity index is 2.50. The number of rotatable bonds is 5. The van der Waals surface area contributed by atoms with Crippen LogP contribution in [0.5, 0.6) is 11.5 Å². The summed E-state index contributed by atoms with van der Waals surface area (Å²) in [5, 5.41) is 0. The highest BCUT2D eigenvalue weighted by Crippen LogP contribution is 2.18. The Morgan fingerprint density at radius 2 is 2.20 bits per heavy atom. The molecule has 0 saturated heterocycles. The minimum absolute atomic E-state index is 0.0958. The van der Waals surface area contributed by atoms with Crippen LogP contribution in [0.1, 0.15) is 0 Å². The van der Waals surface area contributed by atoms with Gasteiger partial charge in [0, 0.05) is 12.6 Å². The molecule has 2 N–H and O–H groups in total. The van der Waals surface area contributed by atoms with Crippen molar-refractivity contribution in [3.63, 3.8) is 0 Å². The fourth-order valence-electron chi connectivity index (χ4n) is 1.00. The fourth-order valence-corrected chi connectivity index (χ4v) is 1.00. The van der Waals surface area contributed by atoms with Crippen LogP contribution in [-0.2, 0) is 0 Å². The Morgan fingerprint density at radius 3 is 2.87 bits per heavy atom. The SMILES string of the molecule is COc1cccc(OC/C=C(/F)CN)c1. The van der Waals surface area contributed by atoms with Gasteiger partial charge < -0.3 is 15.2 Å². The van der Waals surface area contributed by atoms with Crippen molar-refractivity contribution in [3.05, 3.63) is 36.2 Å². The summed E-state index contributed by atoms with van der Waals surface area (Å²) in [7, 11) is 1.58. The van der Waals surface area contributed by atoms with Crippen LogP contribution < -0.4 is 15.2 Å². The number of ether oxygens (including phenoxy) is 2. The molecule has 0 heterocycles. The van der Waals surface area contributed by atoms with E-state index in [1.807, 2.05) is 6.07 Å². The third kappa shape index (κ3) is 3.99. The molecule has 1 aromatic carbocycles. The number of methoxy groups -OCH3 is 1. The summed E-state index contributed by atoms with van der Waals surface area (Å²) in [6, 6.07) is 7.12. The summed E-state index contributed by atoms with van der Waals surface area (Å²) in [5.41, 5.74) is 5.08. The first-order valence-electron chi connectivity index (χ1n) is 4.57. The lowest BCUT2D eigenvalue weighted by molar-refractivity contribution is 0.353. The minimum atomic E-state index is -0.377. The molecule has 0 radical (unpaired) electrons. The van der Waals surface area contributed by atoms with Gasteiger partial charge in [0.05, 0.1) is 7.11 Å². The van der Waals surface area contributed by atoms with Gasteiger partial charge in [-0.3, -0.25) is 0 Å². The molecule has 0 fully saturated rings. The van der Waals surface area contributed by atoms with Gasteiger partial charge in [-0.05, 0) is 18.2 Å². The monoisotopic (exact) mass is 211 g/mol. The normalized spacial score (nSPS) is 11.3. The zero-order valence-electron chi connectivity index (χ0n) is 8.57. The molecular formula is C11H14FNO2. The highest BCUT2D eigenvalue weighted by atomic mass is 19.1. The highest BCUT2D eigenvalue weighted by Gasteiger charge is 1.95. The van der Waals surface area contributed by atoms with E-state index in [0.29, 0.717) is 11.5 Å². The molecule has 0 unspecified atom stereocenters. The molecule has 1 aromatic rings. The lowest BCUT2D eigenvalue weighted by Crippen LogP contribution is -2.01. The molecule has 1 rings (SSSR count). The van der Waals surface area contributed by atoms with E-state index < -0.39 is 0 Å². The van der Waals surface area contributed by atoms with E-state index in [0.717, 1.165) is 0 Å². The standard InChI is InChI=1S/C11H14FNO2/c1-14-10-3-2-4-11(7-10)15-6-5-9(12)8-13/h2-5,7H,6,8,13H2,1H3/b9-5+. The predicted molar refractivity (Wildman–Crippen MR) is 56.7 cm³/mol. The molecule has 0 atom stereocenters. The van der Waals surface area contributed by atoms with Gasteiger partial charge in [0.1, 0.15) is 23.9 Å². The first-order valence-corrected chi connectivity index (χ1v) is 4.57. The maximum Gasteiger partial charge on any atom is 0.123 e. The van der Waals surface area contributed by atoms with E-state index in [1.165, 1.54) is 6.08 Å². The summed E-state index contributed by atoms with van der Waals surface area (Å²) in [5.74, 6) is 0.962. The van der Waals surface area contributed by atoms with Gasteiger partial charge in [0.15, 0.2) is 0 Å². The number of hydrogen-bond donors (Lipinski definition) is 1. The third-order valence-electron chi connectivity index (χ3n) is 1.79. The molecule has 0 aliphatic carbocycles. The molecule has 0 aromatic heterocycles. The summed E-state index contributed by atoms with van der Waals surface area (Å²) < 4.78 is 22.9. The zero-order chi connectivity index (χ0) is 11.1. The number of hydrogen-bond acceptors (Lipinski definition) is 3. The Bertz CT molecular complexity index is 339. The summed E-state index contributed by atoms with van der Waals surface area (Å²) >= 11 is 0. The van der Waals surface area contributed by atoms with Crippen LogP contribution in [0.4, 0.5) is 4.39 Å². The van der Waals surface area contributed by atoms with Gasteiger partial charge in [-0.15, -0.1) is 0 Å². The van der Waals surface area contributed by atoms with Crippen molar-refractivity contribution in [1.82, 2.24) is 0 Å². The molecular weight excluding hydrogens is 197 g/mol. The van der Waals surface area contributed by atoms with Crippen molar-refractivity contribution in [2.45, 2.75) is 0 Å². The van der Waals surface area contributed by atoms with Gasteiger partial charge in [0.25, 0.3) is 0 Å². The molecule has 15 heavy (non-hydrogen) atoms. The summed E-state index contributed by atoms with van der Waals surface area (Å²) in [6.07, 6.45) is 1.31. The molecule has 0 bridgehead atoms. The van der Waals surface area contributed by atoms with Crippen molar-refractivity contribution >= 4 is 0 Å². The van der Waals surface area contributed by atoms with Gasteiger partial charge in [-0.2, -0.15) is 0 Å². The Labute approximate surface area is 88.3 Å². The van der Waals surface area contributed by atoms with Crippen LogP contribution in [0.15, 0.2) is 36.2 Å². The second-order valence-corrected chi connectivity index (χ2v) is 2.85. The van der Waals surface area contributed by atoms with E-state index in [9.17, 15) is 4.39 Å². The van der Waals surface area contributed by atoms with Crippen molar-refractivity contribution in [3.8, 4) is 11.5 Å². The Kier molecular flexibility index (Phi) is 4.63. The smallest absolute Gasteiger partial charge is 0.123 e. The van der Waals surface area contributed by atoms with Gasteiger partial charge in [-0.25, -0.2) is 4.39 Å². The minimum Gasteiger partial charge on any atom is -0.497 e. The van der Waals surface area contributed by atoms with E-state index in [2.05, 4.69) is 0 Å². The Hall–Kier alpha value is -1.55. The quantitative estimate of drug-likeness (QED) is 0.808. The maximum absolute atomic E-state index is 12.6. The lowest BCUT2D eigenvalue weighted by Gasteiger charge is -2.05. The van der Waals surface area contributed by atoms with Gasteiger partial charge >= 0.3 is 0 Å². The summed E-state index contributed by atoms with van der Waals surface area (Å²) in [4.78, 5) is 0. The molecule has 3 nitrogen and oxygen atoms in total.